The van der Waals surface area contributed by atoms with Crippen LogP contribution in [0.4, 0.5) is 8.78 Å². The summed E-state index contributed by atoms with van der Waals surface area (Å²) in [6, 6.07) is 12.1. The Hall–Kier alpha value is -3.62. The van der Waals surface area contributed by atoms with Crippen molar-refractivity contribution < 1.29 is 23.0 Å². The number of imidazole rings is 1. The number of aromatic amines is 1. The largest absolute Gasteiger partial charge is 0.493 e. The Morgan fingerprint density at radius 2 is 1.91 bits per heavy atom. The molecule has 32 heavy (non-hydrogen) atoms. The maximum Gasteiger partial charge on any atom is 0.387 e. The second kappa shape index (κ2) is 9.25. The SMILES string of the molecule is COc1cc(/C=C/C(=O)N2CCC(n3c(=O)[nH]c4ccccc43)CC2)ccc1OC(F)F. The lowest BCUT2D eigenvalue weighted by Crippen LogP contribution is -2.39. The van der Waals surface area contributed by atoms with Crippen LogP contribution in [0, 0.1) is 0 Å². The summed E-state index contributed by atoms with van der Waals surface area (Å²) in [7, 11) is 1.36. The van der Waals surface area contributed by atoms with Gasteiger partial charge in [-0.05, 0) is 48.7 Å². The second-order valence-electron chi connectivity index (χ2n) is 7.50. The van der Waals surface area contributed by atoms with E-state index in [9.17, 15) is 18.4 Å². The van der Waals surface area contributed by atoms with Crippen LogP contribution in [-0.2, 0) is 4.79 Å². The van der Waals surface area contributed by atoms with Crippen molar-refractivity contribution in [3.8, 4) is 11.5 Å². The molecular formula is C23H23F2N3O4. The van der Waals surface area contributed by atoms with E-state index in [1.807, 2.05) is 24.3 Å². The van der Waals surface area contributed by atoms with Crippen molar-refractivity contribution in [1.29, 1.82) is 0 Å². The molecule has 1 N–H and O–H groups in total. The van der Waals surface area contributed by atoms with Crippen LogP contribution < -0.4 is 15.2 Å². The second-order valence-corrected chi connectivity index (χ2v) is 7.50. The predicted octanol–water partition coefficient (Wildman–Crippen LogP) is 3.82. The summed E-state index contributed by atoms with van der Waals surface area (Å²) < 4.78 is 36.2. The van der Waals surface area contributed by atoms with Crippen molar-refractivity contribution in [3.05, 3.63) is 64.6 Å². The van der Waals surface area contributed by atoms with Crippen molar-refractivity contribution in [3.63, 3.8) is 0 Å². The molecule has 0 spiro atoms. The standard InChI is InChI=1S/C23H23F2N3O4/c1-31-20-14-15(6-8-19(20)32-22(24)25)7-9-21(29)27-12-10-16(11-13-27)28-18-5-3-2-4-17(18)26-23(28)30/h2-9,14,16,22H,10-13H2,1H3,(H,26,30)/b9-7+. The van der Waals surface area contributed by atoms with E-state index in [0.717, 1.165) is 11.0 Å². The number of nitrogens with zero attached hydrogens (tertiary/aromatic N) is 2. The summed E-state index contributed by atoms with van der Waals surface area (Å²) in [6.45, 7) is -1.89. The maximum absolute atomic E-state index is 12.6. The lowest BCUT2D eigenvalue weighted by atomic mass is 10.0. The molecule has 0 atom stereocenters. The average molecular weight is 443 g/mol. The van der Waals surface area contributed by atoms with Crippen molar-refractivity contribution in [1.82, 2.24) is 14.5 Å². The van der Waals surface area contributed by atoms with Gasteiger partial charge in [-0.1, -0.05) is 18.2 Å². The fourth-order valence-corrected chi connectivity index (χ4v) is 4.04. The van der Waals surface area contributed by atoms with E-state index < -0.39 is 6.61 Å². The van der Waals surface area contributed by atoms with Gasteiger partial charge >= 0.3 is 12.3 Å². The van der Waals surface area contributed by atoms with Gasteiger partial charge in [0.1, 0.15) is 0 Å². The molecule has 4 rings (SSSR count). The molecule has 7 nitrogen and oxygen atoms in total. The van der Waals surface area contributed by atoms with Crippen molar-refractivity contribution >= 4 is 23.0 Å². The van der Waals surface area contributed by atoms with E-state index in [4.69, 9.17) is 4.74 Å². The van der Waals surface area contributed by atoms with Crippen LogP contribution in [0.3, 0.4) is 0 Å². The number of carbonyl (C=O) groups excluding carboxylic acids is 1. The number of amides is 1. The molecule has 2 heterocycles. The van der Waals surface area contributed by atoms with Crippen molar-refractivity contribution in [2.75, 3.05) is 20.2 Å². The number of nitrogens with one attached hydrogen (secondary N) is 1. The lowest BCUT2D eigenvalue weighted by molar-refractivity contribution is -0.127. The first-order chi connectivity index (χ1) is 15.5. The van der Waals surface area contributed by atoms with Crippen molar-refractivity contribution in [2.45, 2.75) is 25.5 Å². The van der Waals surface area contributed by atoms with Crippen LogP contribution in [0.25, 0.3) is 17.1 Å². The van der Waals surface area contributed by atoms with Gasteiger partial charge in [0.2, 0.25) is 5.91 Å². The van der Waals surface area contributed by atoms with Crippen LogP contribution >= 0.6 is 0 Å². The number of alkyl halides is 2. The number of methoxy groups -OCH3 is 1. The van der Waals surface area contributed by atoms with E-state index in [2.05, 4.69) is 9.72 Å². The molecule has 1 amide bonds. The topological polar surface area (TPSA) is 76.6 Å². The Labute approximate surface area is 182 Å². The lowest BCUT2D eigenvalue weighted by Gasteiger charge is -2.32. The highest BCUT2D eigenvalue weighted by Gasteiger charge is 2.25. The number of H-pyrrole nitrogens is 1. The molecule has 3 aromatic rings. The highest BCUT2D eigenvalue weighted by molar-refractivity contribution is 5.92. The summed E-state index contributed by atoms with van der Waals surface area (Å²) in [4.78, 5) is 29.6. The van der Waals surface area contributed by atoms with Gasteiger partial charge < -0.3 is 19.4 Å². The van der Waals surface area contributed by atoms with Gasteiger partial charge in [-0.25, -0.2) is 4.79 Å². The van der Waals surface area contributed by atoms with Gasteiger partial charge in [0.15, 0.2) is 11.5 Å². The number of benzene rings is 2. The highest BCUT2D eigenvalue weighted by Crippen LogP contribution is 2.30. The number of halogens is 2. The molecule has 1 fully saturated rings. The molecule has 0 unspecified atom stereocenters. The molecule has 0 bridgehead atoms. The number of likely N-dealkylation sites (tertiary alicyclic amines) is 1. The van der Waals surface area contributed by atoms with Crippen LogP contribution in [0.5, 0.6) is 11.5 Å². The summed E-state index contributed by atoms with van der Waals surface area (Å²) >= 11 is 0. The van der Waals surface area contributed by atoms with E-state index in [-0.39, 0.29) is 29.1 Å². The van der Waals surface area contributed by atoms with E-state index in [1.54, 1.807) is 21.6 Å². The minimum atomic E-state index is -2.95. The third-order valence-corrected chi connectivity index (χ3v) is 5.59. The molecule has 1 saturated heterocycles. The monoisotopic (exact) mass is 443 g/mol. The number of para-hydroxylation sites is 2. The minimum Gasteiger partial charge on any atom is -0.493 e. The number of ether oxygens (including phenoxy) is 2. The number of piperidine rings is 1. The minimum absolute atomic E-state index is 0.0262. The molecule has 9 heteroatoms. The van der Waals surface area contributed by atoms with Crippen LogP contribution in [-0.4, -0.2) is 47.2 Å². The van der Waals surface area contributed by atoms with Crippen LogP contribution in [0.1, 0.15) is 24.4 Å². The van der Waals surface area contributed by atoms with Gasteiger partial charge in [-0.2, -0.15) is 8.78 Å². The third kappa shape index (κ3) is 4.51. The Kier molecular flexibility index (Phi) is 6.25. The zero-order valence-electron chi connectivity index (χ0n) is 17.5. The number of carbonyl (C=O) groups is 1. The summed E-state index contributed by atoms with van der Waals surface area (Å²) in [6.07, 6.45) is 4.40. The van der Waals surface area contributed by atoms with Crippen LogP contribution in [0.15, 0.2) is 53.3 Å². The molecule has 0 aliphatic carbocycles. The van der Waals surface area contributed by atoms with E-state index >= 15 is 0 Å². The first-order valence-electron chi connectivity index (χ1n) is 10.3. The number of hydrogen-bond donors (Lipinski definition) is 1. The molecule has 168 valence electrons. The number of aromatic nitrogens is 2. The van der Waals surface area contributed by atoms with Gasteiger partial charge in [-0.3, -0.25) is 9.36 Å². The molecule has 1 aliphatic heterocycles. The quantitative estimate of drug-likeness (QED) is 0.588. The molecule has 2 aromatic carbocycles. The van der Waals surface area contributed by atoms with Gasteiger partial charge in [0.25, 0.3) is 0 Å². The Balaban J connectivity index is 1.40. The summed E-state index contributed by atoms with van der Waals surface area (Å²) in [5.74, 6) is -0.0629. The Morgan fingerprint density at radius 1 is 1.16 bits per heavy atom. The molecular weight excluding hydrogens is 420 g/mol. The van der Waals surface area contributed by atoms with Gasteiger partial charge in [-0.15, -0.1) is 0 Å². The van der Waals surface area contributed by atoms with Gasteiger partial charge in [0.05, 0.1) is 18.1 Å². The van der Waals surface area contributed by atoms with Gasteiger partial charge in [0, 0.05) is 25.2 Å². The van der Waals surface area contributed by atoms with E-state index in [1.165, 1.54) is 25.3 Å². The zero-order valence-corrected chi connectivity index (χ0v) is 17.5. The Bertz CT molecular complexity index is 1190. The molecule has 1 aromatic heterocycles. The molecule has 0 saturated carbocycles. The van der Waals surface area contributed by atoms with Crippen molar-refractivity contribution in [2.24, 2.45) is 0 Å². The fourth-order valence-electron chi connectivity index (χ4n) is 4.04. The first-order valence-corrected chi connectivity index (χ1v) is 10.3. The van der Waals surface area contributed by atoms with Crippen LogP contribution in [0.2, 0.25) is 0 Å². The highest BCUT2D eigenvalue weighted by atomic mass is 19.3. The number of hydrogen-bond acceptors (Lipinski definition) is 4. The fraction of sp³-hybridized carbons (Fsp3) is 0.304. The third-order valence-electron chi connectivity index (χ3n) is 5.59. The summed E-state index contributed by atoms with van der Waals surface area (Å²) in [5.41, 5.74) is 2.16. The Morgan fingerprint density at radius 3 is 2.62 bits per heavy atom. The molecule has 1 aliphatic rings. The maximum atomic E-state index is 12.6. The number of fused-ring (bicyclic) bond motifs is 1. The average Bonchev–Trinajstić information content (AvgIpc) is 3.13. The van der Waals surface area contributed by atoms with E-state index in [0.29, 0.717) is 31.5 Å². The summed E-state index contributed by atoms with van der Waals surface area (Å²) in [5, 5.41) is 0. The smallest absolute Gasteiger partial charge is 0.387 e. The normalized spacial score (nSPS) is 15.1. The molecule has 0 radical (unpaired) electrons. The zero-order chi connectivity index (χ0) is 22.7. The first kappa shape index (κ1) is 21.6. The predicted molar refractivity (Wildman–Crippen MR) is 116 cm³/mol. The number of rotatable bonds is 6.